The topological polar surface area (TPSA) is 78.8 Å². The molecular formula is C16H12ClKN2O3. The first-order valence-corrected chi connectivity index (χ1v) is 6.91. The number of benzene rings is 2. The fourth-order valence-corrected chi connectivity index (χ4v) is 2.45. The molecule has 0 saturated heterocycles. The van der Waals surface area contributed by atoms with Gasteiger partial charge in [0.15, 0.2) is 0 Å². The molecule has 1 aliphatic heterocycles. The average Bonchev–Trinajstić information content (AvgIpc) is 2.64. The maximum absolute atomic E-state index is 12.0. The fraction of sp³-hybridized carbons (Fsp3) is 0.0625. The Balaban J connectivity index is 0.00000192. The summed E-state index contributed by atoms with van der Waals surface area (Å²) in [5, 5.41) is 12.3. The number of carboxylic acids is 1. The van der Waals surface area contributed by atoms with Crippen LogP contribution in [0.15, 0.2) is 53.5 Å². The zero-order chi connectivity index (χ0) is 15.7. The summed E-state index contributed by atoms with van der Waals surface area (Å²) in [6.45, 7) is 0. The van der Waals surface area contributed by atoms with Gasteiger partial charge in [-0.2, -0.15) is 0 Å². The molecule has 1 aliphatic rings. The van der Waals surface area contributed by atoms with Gasteiger partial charge in [0.1, 0.15) is 0 Å². The molecule has 112 valence electrons. The van der Waals surface area contributed by atoms with Crippen LogP contribution in [-0.4, -0.2) is 80.1 Å². The Morgan fingerprint density at radius 1 is 1.17 bits per heavy atom. The number of halogens is 1. The van der Waals surface area contributed by atoms with Crippen LogP contribution in [0.4, 0.5) is 5.69 Å². The van der Waals surface area contributed by atoms with E-state index in [0.29, 0.717) is 27.5 Å². The van der Waals surface area contributed by atoms with E-state index in [4.69, 9.17) is 11.6 Å². The molecule has 1 unspecified atom stereocenters. The molecule has 0 bridgehead atoms. The molecule has 0 fully saturated rings. The Bertz CT molecular complexity index is 793. The Labute approximate surface area is 180 Å². The molecule has 7 heteroatoms. The first-order chi connectivity index (χ1) is 10.6. The van der Waals surface area contributed by atoms with Crippen LogP contribution in [0.25, 0.3) is 0 Å². The molecule has 0 saturated carbocycles. The first-order valence-electron chi connectivity index (χ1n) is 6.53. The zero-order valence-corrected chi connectivity index (χ0v) is 12.0. The molecule has 0 spiro atoms. The van der Waals surface area contributed by atoms with Crippen LogP contribution in [0.5, 0.6) is 0 Å². The van der Waals surface area contributed by atoms with Crippen molar-refractivity contribution in [3.8, 4) is 0 Å². The number of aliphatic imine (C=N–C) groups is 1. The van der Waals surface area contributed by atoms with E-state index in [1.54, 1.807) is 30.3 Å². The molecule has 1 amide bonds. The third-order valence-electron chi connectivity index (χ3n) is 3.28. The average molecular weight is 355 g/mol. The number of hydrogen-bond acceptors (Lipinski definition) is 3. The van der Waals surface area contributed by atoms with Gasteiger partial charge in [-0.15, -0.1) is 0 Å². The number of benzodiazepines with no additional fused rings is 1. The van der Waals surface area contributed by atoms with E-state index < -0.39 is 17.9 Å². The maximum atomic E-state index is 12.0. The number of carboxylic acid groups (broad SMARTS) is 1. The van der Waals surface area contributed by atoms with Crippen LogP contribution in [0, 0.1) is 0 Å². The van der Waals surface area contributed by atoms with Gasteiger partial charge < -0.3 is 10.4 Å². The van der Waals surface area contributed by atoms with E-state index in [1.807, 2.05) is 18.2 Å². The summed E-state index contributed by atoms with van der Waals surface area (Å²) in [6, 6.07) is 12.5. The first kappa shape index (κ1) is 18.3. The van der Waals surface area contributed by atoms with Gasteiger partial charge in [-0.05, 0) is 18.2 Å². The molecule has 2 aromatic rings. The molecule has 5 nitrogen and oxygen atoms in total. The molecule has 2 aromatic carbocycles. The summed E-state index contributed by atoms with van der Waals surface area (Å²) in [5.41, 5.74) is 2.22. The van der Waals surface area contributed by atoms with Crippen LogP contribution >= 0.6 is 11.6 Å². The molecule has 2 N–H and O–H groups in total. The minimum absolute atomic E-state index is 0. The molecule has 1 atom stereocenters. The number of nitrogens with zero attached hydrogens (tertiary/aromatic N) is 1. The van der Waals surface area contributed by atoms with Gasteiger partial charge in [-0.3, -0.25) is 9.79 Å². The number of amides is 1. The number of fused-ring (bicyclic) bond motifs is 1. The van der Waals surface area contributed by atoms with E-state index in [-0.39, 0.29) is 51.4 Å². The van der Waals surface area contributed by atoms with Crippen LogP contribution in [-0.2, 0) is 9.59 Å². The van der Waals surface area contributed by atoms with Crippen molar-refractivity contribution in [1.29, 1.82) is 0 Å². The van der Waals surface area contributed by atoms with Gasteiger partial charge in [0.05, 0.1) is 11.4 Å². The standard InChI is InChI=1S/C16H11ClN2O3.K.H/c17-10-6-7-12-11(8-10)13(9-4-2-1-3-5-9)19-14(16(21)22)15(20)18-12;;/h1-8,14H,(H,18,20)(H,21,22);;. The van der Waals surface area contributed by atoms with Crippen molar-refractivity contribution in [3.63, 3.8) is 0 Å². The third-order valence-corrected chi connectivity index (χ3v) is 3.52. The Morgan fingerprint density at radius 2 is 1.87 bits per heavy atom. The van der Waals surface area contributed by atoms with E-state index in [2.05, 4.69) is 10.3 Å². The van der Waals surface area contributed by atoms with Gasteiger partial charge in [-0.25, -0.2) is 4.79 Å². The molecule has 0 radical (unpaired) electrons. The second-order valence-electron chi connectivity index (χ2n) is 4.76. The predicted molar refractivity (Wildman–Crippen MR) is 90.7 cm³/mol. The second-order valence-corrected chi connectivity index (χ2v) is 5.20. The van der Waals surface area contributed by atoms with Crippen molar-refractivity contribution in [1.82, 2.24) is 0 Å². The number of hydrogen-bond donors (Lipinski definition) is 2. The van der Waals surface area contributed by atoms with Crippen molar-refractivity contribution in [2.75, 3.05) is 5.32 Å². The van der Waals surface area contributed by atoms with Crippen molar-refractivity contribution in [3.05, 3.63) is 64.7 Å². The summed E-state index contributed by atoms with van der Waals surface area (Å²) >= 11 is 6.03. The van der Waals surface area contributed by atoms with Gasteiger partial charge in [-0.1, -0.05) is 41.9 Å². The molecule has 1 heterocycles. The van der Waals surface area contributed by atoms with Gasteiger partial charge in [0, 0.05) is 16.1 Å². The Morgan fingerprint density at radius 3 is 2.52 bits per heavy atom. The van der Waals surface area contributed by atoms with E-state index in [9.17, 15) is 14.7 Å². The molecule has 23 heavy (non-hydrogen) atoms. The number of carbonyl (C=O) groups is 2. The Hall–Kier alpha value is -1.02. The number of anilines is 1. The van der Waals surface area contributed by atoms with Crippen LogP contribution in [0.1, 0.15) is 11.1 Å². The second kappa shape index (κ2) is 7.70. The normalized spacial score (nSPS) is 16.3. The third kappa shape index (κ3) is 3.91. The van der Waals surface area contributed by atoms with Crippen molar-refractivity contribution in [2.45, 2.75) is 6.04 Å². The Kier molecular flexibility index (Phi) is 6.13. The zero-order valence-electron chi connectivity index (χ0n) is 11.3. The van der Waals surface area contributed by atoms with Gasteiger partial charge in [0.25, 0.3) is 5.91 Å². The van der Waals surface area contributed by atoms with Crippen molar-refractivity contribution in [2.24, 2.45) is 4.99 Å². The van der Waals surface area contributed by atoms with Crippen LogP contribution < -0.4 is 5.32 Å². The molecular weight excluding hydrogens is 343 g/mol. The summed E-state index contributed by atoms with van der Waals surface area (Å²) in [7, 11) is 0. The summed E-state index contributed by atoms with van der Waals surface area (Å²) in [6.07, 6.45) is 0. The monoisotopic (exact) mass is 354 g/mol. The van der Waals surface area contributed by atoms with Crippen LogP contribution in [0.3, 0.4) is 0 Å². The molecule has 0 aromatic heterocycles. The van der Waals surface area contributed by atoms with Crippen molar-refractivity contribution >= 4 is 86.3 Å². The fourth-order valence-electron chi connectivity index (χ4n) is 2.27. The van der Waals surface area contributed by atoms with Crippen molar-refractivity contribution < 1.29 is 14.7 Å². The summed E-state index contributed by atoms with van der Waals surface area (Å²) < 4.78 is 0. The van der Waals surface area contributed by atoms with Gasteiger partial charge >= 0.3 is 57.4 Å². The van der Waals surface area contributed by atoms with Crippen LogP contribution in [0.2, 0.25) is 5.02 Å². The minimum atomic E-state index is -1.50. The summed E-state index contributed by atoms with van der Waals surface area (Å²) in [4.78, 5) is 27.5. The molecule has 0 aliphatic carbocycles. The van der Waals surface area contributed by atoms with E-state index in [1.165, 1.54) is 0 Å². The molecule has 3 rings (SSSR count). The van der Waals surface area contributed by atoms with E-state index >= 15 is 0 Å². The SMILES string of the molecule is O=C(O)C1N=C(c2ccccc2)c2cc(Cl)ccc2NC1=O.[KH]. The van der Waals surface area contributed by atoms with E-state index in [0.717, 1.165) is 0 Å². The quantitative estimate of drug-likeness (QED) is 0.639. The number of carbonyl (C=O) groups excluding carboxylic acids is 1. The summed E-state index contributed by atoms with van der Waals surface area (Å²) in [5.74, 6) is -1.98. The number of nitrogens with one attached hydrogen (secondary N) is 1. The number of aliphatic carboxylic acids is 1. The number of rotatable bonds is 2. The predicted octanol–water partition coefficient (Wildman–Crippen LogP) is 1.93. The van der Waals surface area contributed by atoms with Gasteiger partial charge in [0.2, 0.25) is 6.04 Å².